The number of nitrogens with zero attached hydrogens (tertiary/aromatic N) is 1. The Morgan fingerprint density at radius 2 is 1.92 bits per heavy atom. The third kappa shape index (κ3) is 7.99. The molecule has 2 fully saturated rings. The van der Waals surface area contributed by atoms with E-state index < -0.39 is 29.6 Å². The van der Waals surface area contributed by atoms with Crippen LogP contribution in [0.1, 0.15) is 31.7 Å². The lowest BCUT2D eigenvalue weighted by Gasteiger charge is -2.26. The van der Waals surface area contributed by atoms with E-state index in [0.717, 1.165) is 26.2 Å². The molecule has 2 aromatic rings. The molecule has 1 aliphatic carbocycles. The van der Waals surface area contributed by atoms with Gasteiger partial charge < -0.3 is 9.90 Å². The lowest BCUT2D eigenvalue weighted by molar-refractivity contribution is -0.113. The number of hydrogen-bond acceptors (Lipinski definition) is 5. The van der Waals surface area contributed by atoms with Crippen molar-refractivity contribution in [3.63, 3.8) is 0 Å². The first-order valence-electron chi connectivity index (χ1n) is 11.9. The van der Waals surface area contributed by atoms with Crippen molar-refractivity contribution in [1.82, 2.24) is 9.62 Å². The minimum absolute atomic E-state index is 0.136. The summed E-state index contributed by atoms with van der Waals surface area (Å²) >= 11 is 1.24. The molecule has 4 nitrogen and oxygen atoms in total. The van der Waals surface area contributed by atoms with E-state index in [1.807, 2.05) is 6.92 Å². The van der Waals surface area contributed by atoms with Crippen molar-refractivity contribution in [2.45, 2.75) is 50.6 Å². The number of carbonyl (C=O) groups is 1. The average molecular weight is 547 g/mol. The fourth-order valence-corrected chi connectivity index (χ4v) is 5.24. The van der Waals surface area contributed by atoms with Crippen molar-refractivity contribution in [3.05, 3.63) is 53.6 Å². The number of halogens is 4. The van der Waals surface area contributed by atoms with Crippen molar-refractivity contribution in [3.8, 4) is 11.1 Å². The first-order valence-corrected chi connectivity index (χ1v) is 13.4. The second-order valence-electron chi connectivity index (χ2n) is 8.86. The second kappa shape index (κ2) is 14.4. The predicted molar refractivity (Wildman–Crippen MR) is 143 cm³/mol. The normalized spacial score (nSPS) is 21.0. The molecule has 0 radical (unpaired) electrons. The van der Waals surface area contributed by atoms with E-state index in [9.17, 15) is 18.0 Å². The lowest BCUT2D eigenvalue weighted by Crippen LogP contribution is -2.46. The molecular formula is C26H35F4N2O2PS. The summed E-state index contributed by atoms with van der Waals surface area (Å²) in [5.41, 5.74) is 1.03. The smallest absolute Gasteiger partial charge is 0.277 e. The topological polar surface area (TPSA) is 52.6 Å². The molecule has 2 aromatic carbocycles. The van der Waals surface area contributed by atoms with Crippen molar-refractivity contribution >= 4 is 32.8 Å². The molecular weight excluding hydrogens is 511 g/mol. The molecule has 0 bridgehead atoms. The Morgan fingerprint density at radius 3 is 2.44 bits per heavy atom. The van der Waals surface area contributed by atoms with E-state index in [4.69, 9.17) is 5.11 Å². The zero-order chi connectivity index (χ0) is 26.9. The molecule has 4 rings (SSSR count). The highest BCUT2D eigenvalue weighted by molar-refractivity contribution is 7.97. The highest BCUT2D eigenvalue weighted by Gasteiger charge is 2.53. The number of carbonyl (C=O) groups excluding carboxylic acids is 1. The van der Waals surface area contributed by atoms with Crippen LogP contribution in [0, 0.1) is 17.6 Å². The first-order chi connectivity index (χ1) is 17.2. The molecule has 1 saturated heterocycles. The van der Waals surface area contributed by atoms with Crippen LogP contribution < -0.4 is 10.0 Å². The maximum atomic E-state index is 15.2. The number of rotatable bonds is 7. The van der Waals surface area contributed by atoms with Gasteiger partial charge in [-0.3, -0.25) is 9.62 Å². The molecule has 1 saturated carbocycles. The molecule has 0 spiro atoms. The van der Waals surface area contributed by atoms with E-state index in [1.165, 1.54) is 30.5 Å². The minimum Gasteiger partial charge on any atom is -0.400 e. The molecule has 1 heterocycles. The highest BCUT2D eigenvalue weighted by atomic mass is 32.2. The third-order valence-corrected chi connectivity index (χ3v) is 7.34. The number of likely N-dealkylation sites (N-methyl/N-ethyl adjacent to an activating group) is 1. The van der Waals surface area contributed by atoms with E-state index in [0.29, 0.717) is 28.1 Å². The van der Waals surface area contributed by atoms with Gasteiger partial charge in [-0.15, -0.1) is 9.24 Å². The Hall–Kier alpha value is -1.51. The summed E-state index contributed by atoms with van der Waals surface area (Å²) in [6.45, 7) is 1.51. The SMILES string of the molecule is CCSNC1C(Cc2cccc(-c3cc(F)cc(P)c3)c2F)N(C)CC1(F)F.CO.O=CC1CCC1. The number of likely N-dealkylation sites (tertiary alicyclic amines) is 1. The standard InChI is InChI=1S/C20H23F4N2PS.C5H8O.CH4O/c1-3-28-25-19-17(26(2)11-20(19,23)24)9-12-5-4-6-16(18(12)22)13-7-14(21)10-15(27)8-13;6-4-5-2-1-3-5;1-2/h4-8,10,17,19,25H,3,9,11,27H2,1-2H3;4-5H,1-3H2;2H,1H3. The molecule has 0 aromatic heterocycles. The minimum atomic E-state index is -2.90. The van der Waals surface area contributed by atoms with Gasteiger partial charge in [0.2, 0.25) is 0 Å². The molecule has 36 heavy (non-hydrogen) atoms. The van der Waals surface area contributed by atoms with Crippen LogP contribution in [-0.4, -0.2) is 60.8 Å². The molecule has 0 amide bonds. The van der Waals surface area contributed by atoms with Gasteiger partial charge in [0.1, 0.15) is 17.9 Å². The van der Waals surface area contributed by atoms with Gasteiger partial charge in [-0.2, -0.15) is 0 Å². The Bertz CT molecular complexity index is 974. The van der Waals surface area contributed by atoms with Crippen molar-refractivity contribution in [2.75, 3.05) is 26.5 Å². The molecule has 3 atom stereocenters. The van der Waals surface area contributed by atoms with Gasteiger partial charge in [0.25, 0.3) is 5.92 Å². The molecule has 10 heteroatoms. The van der Waals surface area contributed by atoms with Crippen LogP contribution in [0.4, 0.5) is 17.6 Å². The third-order valence-electron chi connectivity index (χ3n) is 6.30. The lowest BCUT2D eigenvalue weighted by atomic mass is 9.87. The molecule has 1 aliphatic heterocycles. The van der Waals surface area contributed by atoms with Gasteiger partial charge in [0.05, 0.1) is 12.6 Å². The summed E-state index contributed by atoms with van der Waals surface area (Å²) in [5, 5.41) is 7.61. The van der Waals surface area contributed by atoms with E-state index >= 15 is 4.39 Å². The van der Waals surface area contributed by atoms with Gasteiger partial charge in [-0.25, -0.2) is 17.6 Å². The predicted octanol–water partition coefficient (Wildman–Crippen LogP) is 4.84. The maximum Gasteiger partial charge on any atom is 0.277 e. The molecule has 2 aliphatic rings. The highest BCUT2D eigenvalue weighted by Crippen LogP contribution is 2.35. The van der Waals surface area contributed by atoms with Crippen molar-refractivity contribution in [1.29, 1.82) is 0 Å². The fraction of sp³-hybridized carbons (Fsp3) is 0.500. The summed E-state index contributed by atoms with van der Waals surface area (Å²) in [5.74, 6) is -2.76. The van der Waals surface area contributed by atoms with Crippen LogP contribution in [0.15, 0.2) is 36.4 Å². The number of benzene rings is 2. The number of aliphatic hydroxyl groups excluding tert-OH is 1. The van der Waals surface area contributed by atoms with Crippen LogP contribution in [0.2, 0.25) is 0 Å². The zero-order valence-corrected chi connectivity index (χ0v) is 22.8. The number of nitrogens with one attached hydrogen (secondary N) is 1. The van der Waals surface area contributed by atoms with Crippen LogP contribution in [0.5, 0.6) is 0 Å². The largest absolute Gasteiger partial charge is 0.400 e. The number of alkyl halides is 2. The van der Waals surface area contributed by atoms with Crippen LogP contribution >= 0.6 is 21.2 Å². The van der Waals surface area contributed by atoms with Crippen LogP contribution in [0.3, 0.4) is 0 Å². The zero-order valence-electron chi connectivity index (χ0n) is 20.8. The maximum absolute atomic E-state index is 15.2. The van der Waals surface area contributed by atoms with Gasteiger partial charge in [-0.1, -0.05) is 43.5 Å². The van der Waals surface area contributed by atoms with Crippen LogP contribution in [-0.2, 0) is 11.2 Å². The van der Waals surface area contributed by atoms with Crippen molar-refractivity contribution < 1.29 is 27.5 Å². The number of aliphatic hydroxyl groups is 1. The van der Waals surface area contributed by atoms with Gasteiger partial charge in [0.15, 0.2) is 0 Å². The summed E-state index contributed by atoms with van der Waals surface area (Å²) in [7, 11) is 5.03. The summed E-state index contributed by atoms with van der Waals surface area (Å²) < 4.78 is 60.6. The van der Waals surface area contributed by atoms with E-state index in [1.54, 1.807) is 36.2 Å². The Labute approximate surface area is 217 Å². The Kier molecular flexibility index (Phi) is 12.3. The monoisotopic (exact) mass is 546 g/mol. The quantitative estimate of drug-likeness (QED) is 0.225. The van der Waals surface area contributed by atoms with Gasteiger partial charge in [-0.05, 0) is 60.9 Å². The number of aldehydes is 1. The summed E-state index contributed by atoms with van der Waals surface area (Å²) in [6, 6.07) is 7.52. The Balaban J connectivity index is 0.000000491. The van der Waals surface area contributed by atoms with Crippen molar-refractivity contribution in [2.24, 2.45) is 5.92 Å². The fourth-order valence-electron chi connectivity index (χ4n) is 4.23. The number of hydrogen-bond donors (Lipinski definition) is 2. The molecule has 200 valence electrons. The average Bonchev–Trinajstić information content (AvgIpc) is 3.01. The van der Waals surface area contributed by atoms with Gasteiger partial charge in [0, 0.05) is 30.4 Å². The summed E-state index contributed by atoms with van der Waals surface area (Å²) in [4.78, 5) is 11.4. The summed E-state index contributed by atoms with van der Waals surface area (Å²) in [6.07, 6.45) is 4.75. The van der Waals surface area contributed by atoms with E-state index in [2.05, 4.69) is 14.0 Å². The first kappa shape index (κ1) is 30.7. The Morgan fingerprint density at radius 1 is 1.22 bits per heavy atom. The molecule has 2 N–H and O–H groups in total. The molecule has 3 unspecified atom stereocenters. The van der Waals surface area contributed by atoms with E-state index in [-0.39, 0.29) is 18.5 Å². The second-order valence-corrected chi connectivity index (χ2v) is 10.6. The van der Waals surface area contributed by atoms with Gasteiger partial charge >= 0.3 is 0 Å². The van der Waals surface area contributed by atoms with Crippen LogP contribution in [0.25, 0.3) is 11.1 Å².